The van der Waals surface area contributed by atoms with Gasteiger partial charge >= 0.3 is 0 Å². The van der Waals surface area contributed by atoms with Gasteiger partial charge in [-0.2, -0.15) is 0 Å². The van der Waals surface area contributed by atoms with Crippen LogP contribution in [0.3, 0.4) is 0 Å². The minimum Gasteiger partial charge on any atom is -0.369 e. The van der Waals surface area contributed by atoms with E-state index in [-0.39, 0.29) is 22.6 Å². The summed E-state index contributed by atoms with van der Waals surface area (Å²) in [7, 11) is 0. The van der Waals surface area contributed by atoms with Gasteiger partial charge in [-0.3, -0.25) is 19.8 Å². The van der Waals surface area contributed by atoms with E-state index in [2.05, 4.69) is 15.1 Å². The molecule has 0 radical (unpaired) electrons. The zero-order valence-corrected chi connectivity index (χ0v) is 13.3. The highest BCUT2D eigenvalue weighted by molar-refractivity contribution is 5.81. The summed E-state index contributed by atoms with van der Waals surface area (Å²) in [4.78, 5) is 26.8. The largest absolute Gasteiger partial charge is 0.369 e. The third-order valence-corrected chi connectivity index (χ3v) is 4.59. The molecule has 1 saturated heterocycles. The van der Waals surface area contributed by atoms with Gasteiger partial charge in [-0.1, -0.05) is 0 Å². The molecule has 1 aliphatic carbocycles. The smallest absolute Gasteiger partial charge is 0.269 e. The molecule has 1 aromatic carbocycles. The molecule has 1 aliphatic heterocycles. The highest BCUT2D eigenvalue weighted by Crippen LogP contribution is 2.22. The lowest BCUT2D eigenvalue weighted by Crippen LogP contribution is -2.54. The van der Waals surface area contributed by atoms with Gasteiger partial charge in [-0.25, -0.2) is 0 Å². The molecule has 7 nitrogen and oxygen atoms in total. The lowest BCUT2D eigenvalue weighted by Gasteiger charge is -2.38. The van der Waals surface area contributed by atoms with Crippen molar-refractivity contribution in [3.8, 4) is 0 Å². The Labute approximate surface area is 135 Å². The maximum Gasteiger partial charge on any atom is 0.269 e. The highest BCUT2D eigenvalue weighted by atomic mass is 16.6. The number of anilines is 1. The van der Waals surface area contributed by atoms with Crippen LogP contribution >= 0.6 is 0 Å². The summed E-state index contributed by atoms with van der Waals surface area (Å²) >= 11 is 0. The first kappa shape index (κ1) is 15.7. The second kappa shape index (κ2) is 6.54. The average Bonchev–Trinajstić information content (AvgIpc) is 3.38. The number of hydrogen-bond donors (Lipinski definition) is 1. The van der Waals surface area contributed by atoms with E-state index >= 15 is 0 Å². The topological polar surface area (TPSA) is 78.7 Å². The molecule has 1 amide bonds. The average molecular weight is 318 g/mol. The third kappa shape index (κ3) is 3.79. The van der Waals surface area contributed by atoms with Crippen LogP contribution < -0.4 is 10.2 Å². The molecule has 3 rings (SSSR count). The van der Waals surface area contributed by atoms with Crippen molar-refractivity contribution in [2.24, 2.45) is 0 Å². The van der Waals surface area contributed by atoms with Gasteiger partial charge in [0.2, 0.25) is 5.91 Å². The zero-order chi connectivity index (χ0) is 16.4. The number of nitro benzene ring substituents is 1. The fourth-order valence-electron chi connectivity index (χ4n) is 2.87. The van der Waals surface area contributed by atoms with E-state index in [9.17, 15) is 14.9 Å². The molecule has 0 spiro atoms. The maximum absolute atomic E-state index is 12.1. The van der Waals surface area contributed by atoms with Crippen molar-refractivity contribution in [2.45, 2.75) is 31.8 Å². The molecule has 1 aromatic rings. The van der Waals surface area contributed by atoms with E-state index in [1.807, 2.05) is 6.92 Å². The Morgan fingerprint density at radius 1 is 1.22 bits per heavy atom. The van der Waals surface area contributed by atoms with Crippen molar-refractivity contribution in [2.75, 3.05) is 31.1 Å². The fraction of sp³-hybridized carbons (Fsp3) is 0.562. The van der Waals surface area contributed by atoms with E-state index < -0.39 is 0 Å². The molecule has 1 unspecified atom stereocenters. The first-order valence-electron chi connectivity index (χ1n) is 8.08. The van der Waals surface area contributed by atoms with Gasteiger partial charge in [-0.05, 0) is 31.9 Å². The van der Waals surface area contributed by atoms with Crippen LogP contribution in [0.1, 0.15) is 19.8 Å². The number of benzene rings is 1. The molecule has 2 aliphatic rings. The monoisotopic (exact) mass is 318 g/mol. The summed E-state index contributed by atoms with van der Waals surface area (Å²) in [5.41, 5.74) is 1.10. The maximum atomic E-state index is 12.1. The lowest BCUT2D eigenvalue weighted by molar-refractivity contribution is -0.384. The Morgan fingerprint density at radius 2 is 1.83 bits per heavy atom. The van der Waals surface area contributed by atoms with Crippen LogP contribution in [0.4, 0.5) is 11.4 Å². The summed E-state index contributed by atoms with van der Waals surface area (Å²) < 4.78 is 0. The number of rotatable bonds is 5. The van der Waals surface area contributed by atoms with Crippen LogP contribution in [-0.4, -0.2) is 54.0 Å². The molecule has 1 N–H and O–H groups in total. The summed E-state index contributed by atoms with van der Waals surface area (Å²) in [5, 5.41) is 13.8. The van der Waals surface area contributed by atoms with Crippen LogP contribution in [0.15, 0.2) is 24.3 Å². The minimum absolute atomic E-state index is 0.102. The van der Waals surface area contributed by atoms with Crippen molar-refractivity contribution in [3.05, 3.63) is 34.4 Å². The summed E-state index contributed by atoms with van der Waals surface area (Å²) in [5.74, 6) is 0.122. The molecule has 124 valence electrons. The minimum atomic E-state index is -0.387. The summed E-state index contributed by atoms with van der Waals surface area (Å²) in [6.07, 6.45) is 2.21. The van der Waals surface area contributed by atoms with E-state index in [1.165, 1.54) is 12.1 Å². The van der Waals surface area contributed by atoms with Gasteiger partial charge in [0.1, 0.15) is 0 Å². The van der Waals surface area contributed by atoms with Gasteiger partial charge in [0.15, 0.2) is 0 Å². The molecular formula is C16H22N4O3. The van der Waals surface area contributed by atoms with Crippen LogP contribution in [0.2, 0.25) is 0 Å². The van der Waals surface area contributed by atoms with Crippen LogP contribution in [0.25, 0.3) is 0 Å². The number of hydrogen-bond acceptors (Lipinski definition) is 5. The Kier molecular flexibility index (Phi) is 4.47. The van der Waals surface area contributed by atoms with Gasteiger partial charge in [0.05, 0.1) is 11.0 Å². The molecule has 2 fully saturated rings. The first-order valence-corrected chi connectivity index (χ1v) is 8.08. The number of nitrogens with one attached hydrogen (secondary N) is 1. The van der Waals surface area contributed by atoms with E-state index in [1.54, 1.807) is 12.1 Å². The van der Waals surface area contributed by atoms with Crippen molar-refractivity contribution < 1.29 is 9.72 Å². The van der Waals surface area contributed by atoms with Crippen molar-refractivity contribution >= 4 is 17.3 Å². The van der Waals surface area contributed by atoms with E-state index in [0.29, 0.717) is 6.04 Å². The zero-order valence-electron chi connectivity index (χ0n) is 13.3. The van der Waals surface area contributed by atoms with Gasteiger partial charge in [0, 0.05) is 50.0 Å². The molecule has 23 heavy (non-hydrogen) atoms. The Bertz CT molecular complexity index is 577. The van der Waals surface area contributed by atoms with Gasteiger partial charge in [-0.15, -0.1) is 0 Å². The Morgan fingerprint density at radius 3 is 2.35 bits per heavy atom. The molecular weight excluding hydrogens is 296 g/mol. The predicted octanol–water partition coefficient (Wildman–Crippen LogP) is 1.38. The fourth-order valence-corrected chi connectivity index (χ4v) is 2.87. The Hall–Kier alpha value is -2.15. The molecule has 1 saturated carbocycles. The number of carbonyl (C=O) groups is 1. The normalized spacial score (nSPS) is 20.1. The van der Waals surface area contributed by atoms with Crippen molar-refractivity contribution in [3.63, 3.8) is 0 Å². The highest BCUT2D eigenvalue weighted by Gasteiger charge is 2.30. The van der Waals surface area contributed by atoms with Crippen LogP contribution in [-0.2, 0) is 4.79 Å². The first-order chi connectivity index (χ1) is 11.0. The molecule has 7 heteroatoms. The number of non-ortho nitro benzene ring substituents is 1. The van der Waals surface area contributed by atoms with Crippen LogP contribution in [0, 0.1) is 10.1 Å². The number of piperazine rings is 1. The summed E-state index contributed by atoms with van der Waals surface area (Å²) in [6, 6.07) is 6.94. The predicted molar refractivity (Wildman–Crippen MR) is 87.5 cm³/mol. The number of carbonyl (C=O) groups excluding carboxylic acids is 1. The number of nitro groups is 1. The Balaban J connectivity index is 1.53. The molecule has 0 bridgehead atoms. The van der Waals surface area contributed by atoms with Crippen LogP contribution in [0.5, 0.6) is 0 Å². The van der Waals surface area contributed by atoms with E-state index in [4.69, 9.17) is 0 Å². The molecule has 1 heterocycles. The van der Waals surface area contributed by atoms with E-state index in [0.717, 1.165) is 44.7 Å². The summed E-state index contributed by atoms with van der Waals surface area (Å²) in [6.45, 7) is 5.23. The molecule has 0 aromatic heterocycles. The van der Waals surface area contributed by atoms with Gasteiger partial charge in [0.25, 0.3) is 5.69 Å². The number of nitrogens with zero attached hydrogens (tertiary/aromatic N) is 3. The third-order valence-electron chi connectivity index (χ3n) is 4.59. The van der Waals surface area contributed by atoms with Gasteiger partial charge < -0.3 is 10.2 Å². The van der Waals surface area contributed by atoms with Crippen molar-refractivity contribution in [1.29, 1.82) is 0 Å². The number of amides is 1. The molecule has 1 atom stereocenters. The quantitative estimate of drug-likeness (QED) is 0.655. The second-order valence-corrected chi connectivity index (χ2v) is 6.26. The standard InChI is InChI=1S/C16H22N4O3/c1-12(16(21)17-13-2-3-13)18-8-10-19(11-9-18)14-4-6-15(7-5-14)20(22)23/h4-7,12-13H,2-3,8-11H2,1H3,(H,17,21). The lowest BCUT2D eigenvalue weighted by atomic mass is 10.2. The SMILES string of the molecule is CC(C(=O)NC1CC1)N1CCN(c2ccc([N+](=O)[O-])cc2)CC1. The van der Waals surface area contributed by atoms with Crippen molar-refractivity contribution in [1.82, 2.24) is 10.2 Å². The second-order valence-electron chi connectivity index (χ2n) is 6.26.